The van der Waals surface area contributed by atoms with Crippen LogP contribution in [0.4, 0.5) is 0 Å². The number of aryl methyl sites for hydroxylation is 1. The fourth-order valence-electron chi connectivity index (χ4n) is 3.36. The molecule has 0 amide bonds. The maximum absolute atomic E-state index is 4.72. The number of guanidine groups is 1. The Morgan fingerprint density at radius 1 is 1.31 bits per heavy atom. The maximum atomic E-state index is 4.72. The third-order valence-corrected chi connectivity index (χ3v) is 5.75. The third kappa shape index (κ3) is 8.99. The third-order valence-electron chi connectivity index (χ3n) is 4.78. The van der Waals surface area contributed by atoms with Gasteiger partial charge in [0.25, 0.3) is 0 Å². The van der Waals surface area contributed by atoms with Crippen LogP contribution in [0.15, 0.2) is 11.2 Å². The van der Waals surface area contributed by atoms with Gasteiger partial charge in [-0.2, -0.15) is 0 Å². The second kappa shape index (κ2) is 13.7. The summed E-state index contributed by atoms with van der Waals surface area (Å²) < 4.78 is 0. The number of nitrogens with zero attached hydrogens (tertiary/aromatic N) is 3. The number of hydrogen-bond donors (Lipinski definition) is 2. The fraction of sp³-hybridized carbons (Fsp3) is 0.789. The van der Waals surface area contributed by atoms with Crippen molar-refractivity contribution < 1.29 is 0 Å². The van der Waals surface area contributed by atoms with E-state index in [-0.39, 0.29) is 24.0 Å². The van der Waals surface area contributed by atoms with Crippen LogP contribution in [0.25, 0.3) is 0 Å². The molecule has 1 aliphatic rings. The van der Waals surface area contributed by atoms with Crippen molar-refractivity contribution in [3.8, 4) is 0 Å². The lowest BCUT2D eigenvalue weighted by Gasteiger charge is -2.31. The van der Waals surface area contributed by atoms with E-state index < -0.39 is 0 Å². The lowest BCUT2D eigenvalue weighted by atomic mass is 9.94. The Balaban J connectivity index is 0.00000338. The molecule has 1 aromatic heterocycles. The van der Waals surface area contributed by atoms with Gasteiger partial charge in [-0.3, -0.25) is 4.99 Å². The molecular formula is C19H36IN5S. The Labute approximate surface area is 180 Å². The van der Waals surface area contributed by atoms with Gasteiger partial charge in [-0.1, -0.05) is 19.3 Å². The molecule has 0 spiro atoms. The second-order valence-corrected chi connectivity index (χ2v) is 8.25. The minimum atomic E-state index is 0. The number of aromatic nitrogens is 1. The minimum Gasteiger partial charge on any atom is -0.357 e. The summed E-state index contributed by atoms with van der Waals surface area (Å²) in [7, 11) is 2.28. The van der Waals surface area contributed by atoms with E-state index in [0.717, 1.165) is 51.0 Å². The number of aliphatic imine (C=N–C) groups is 1. The average Bonchev–Trinajstić information content (AvgIpc) is 3.04. The van der Waals surface area contributed by atoms with E-state index in [2.05, 4.69) is 41.4 Å². The van der Waals surface area contributed by atoms with Crippen LogP contribution in [0.1, 0.15) is 55.3 Å². The topological polar surface area (TPSA) is 52.6 Å². The van der Waals surface area contributed by atoms with Crippen LogP contribution in [0.2, 0.25) is 0 Å². The molecule has 26 heavy (non-hydrogen) atoms. The predicted octanol–water partition coefficient (Wildman–Crippen LogP) is 3.82. The lowest BCUT2D eigenvalue weighted by Crippen LogP contribution is -2.38. The molecule has 1 saturated carbocycles. The monoisotopic (exact) mass is 493 g/mol. The summed E-state index contributed by atoms with van der Waals surface area (Å²) in [5.74, 6) is 0.927. The van der Waals surface area contributed by atoms with E-state index in [1.54, 1.807) is 11.3 Å². The number of nitrogens with one attached hydrogen (secondary N) is 2. The largest absolute Gasteiger partial charge is 0.357 e. The van der Waals surface area contributed by atoms with Crippen molar-refractivity contribution in [1.82, 2.24) is 20.5 Å². The van der Waals surface area contributed by atoms with E-state index >= 15 is 0 Å². The number of hydrogen-bond acceptors (Lipinski definition) is 4. The molecule has 1 heterocycles. The summed E-state index contributed by atoms with van der Waals surface area (Å²) in [6, 6.07) is 0.797. The zero-order valence-corrected chi connectivity index (χ0v) is 19.7. The van der Waals surface area contributed by atoms with Gasteiger partial charge in [0.05, 0.1) is 5.01 Å². The highest BCUT2D eigenvalue weighted by atomic mass is 127. The summed E-state index contributed by atoms with van der Waals surface area (Å²) >= 11 is 1.77. The summed E-state index contributed by atoms with van der Waals surface area (Å²) in [6.45, 7) is 8.00. The first-order chi connectivity index (χ1) is 12.2. The molecule has 0 atom stereocenters. The van der Waals surface area contributed by atoms with E-state index in [4.69, 9.17) is 4.99 Å². The predicted molar refractivity (Wildman–Crippen MR) is 124 cm³/mol. The zero-order valence-electron chi connectivity index (χ0n) is 16.6. The Morgan fingerprint density at radius 2 is 2.08 bits per heavy atom. The Bertz CT molecular complexity index is 514. The van der Waals surface area contributed by atoms with E-state index in [9.17, 15) is 0 Å². The number of halogens is 1. The SMILES string of the molecule is CCNC(=NCCCN(C)C1CCCCC1)NCCc1ncc(C)s1.I. The molecule has 0 radical (unpaired) electrons. The molecule has 1 aliphatic carbocycles. The van der Waals surface area contributed by atoms with Crippen molar-refractivity contribution in [2.75, 3.05) is 33.2 Å². The maximum Gasteiger partial charge on any atom is 0.191 e. The molecule has 0 bridgehead atoms. The highest BCUT2D eigenvalue weighted by Crippen LogP contribution is 2.21. The highest BCUT2D eigenvalue weighted by molar-refractivity contribution is 14.0. The quantitative estimate of drug-likeness (QED) is 0.238. The molecule has 2 rings (SSSR count). The highest BCUT2D eigenvalue weighted by Gasteiger charge is 2.17. The van der Waals surface area contributed by atoms with Crippen LogP contribution in [-0.2, 0) is 6.42 Å². The first kappa shape index (κ1) is 23.6. The number of thiazole rings is 1. The van der Waals surface area contributed by atoms with E-state index in [1.165, 1.54) is 42.0 Å². The van der Waals surface area contributed by atoms with Crippen molar-refractivity contribution in [1.29, 1.82) is 0 Å². The molecule has 1 aromatic rings. The van der Waals surface area contributed by atoms with Crippen LogP contribution in [0, 0.1) is 6.92 Å². The average molecular weight is 494 g/mol. The Hall–Kier alpha value is -0.410. The van der Waals surface area contributed by atoms with Crippen molar-refractivity contribution in [2.45, 2.75) is 64.8 Å². The molecule has 7 heteroatoms. The zero-order chi connectivity index (χ0) is 17.9. The van der Waals surface area contributed by atoms with Crippen LogP contribution in [0.3, 0.4) is 0 Å². The molecule has 0 aromatic carbocycles. The summed E-state index contributed by atoms with van der Waals surface area (Å²) in [4.78, 5) is 12.9. The van der Waals surface area contributed by atoms with Crippen LogP contribution < -0.4 is 10.6 Å². The van der Waals surface area contributed by atoms with Gasteiger partial charge in [0.2, 0.25) is 0 Å². The molecule has 5 nitrogen and oxygen atoms in total. The molecule has 150 valence electrons. The second-order valence-electron chi connectivity index (χ2n) is 6.93. The molecule has 0 aliphatic heterocycles. The van der Waals surface area contributed by atoms with Gasteiger partial charge in [0, 0.05) is 43.2 Å². The summed E-state index contributed by atoms with van der Waals surface area (Å²) in [5, 5.41) is 7.95. The van der Waals surface area contributed by atoms with E-state index in [0.29, 0.717) is 0 Å². The van der Waals surface area contributed by atoms with Crippen LogP contribution >= 0.6 is 35.3 Å². The van der Waals surface area contributed by atoms with Crippen LogP contribution in [0.5, 0.6) is 0 Å². The fourth-order valence-corrected chi connectivity index (χ4v) is 4.15. The van der Waals surface area contributed by atoms with Crippen LogP contribution in [-0.4, -0.2) is 55.1 Å². The van der Waals surface area contributed by atoms with Gasteiger partial charge >= 0.3 is 0 Å². The Morgan fingerprint density at radius 3 is 2.73 bits per heavy atom. The van der Waals surface area contributed by atoms with Crippen molar-refractivity contribution in [3.05, 3.63) is 16.1 Å². The number of rotatable bonds is 9. The molecule has 0 saturated heterocycles. The van der Waals surface area contributed by atoms with E-state index in [1.807, 2.05) is 6.20 Å². The van der Waals surface area contributed by atoms with Gasteiger partial charge in [-0.05, 0) is 46.7 Å². The first-order valence-electron chi connectivity index (χ1n) is 9.82. The van der Waals surface area contributed by atoms with Gasteiger partial charge in [-0.25, -0.2) is 4.98 Å². The summed E-state index contributed by atoms with van der Waals surface area (Å²) in [5.41, 5.74) is 0. The van der Waals surface area contributed by atoms with Crippen molar-refractivity contribution in [3.63, 3.8) is 0 Å². The molecular weight excluding hydrogens is 457 g/mol. The smallest absolute Gasteiger partial charge is 0.191 e. The summed E-state index contributed by atoms with van der Waals surface area (Å²) in [6.07, 6.45) is 11.0. The molecule has 0 unspecified atom stereocenters. The normalized spacial score (nSPS) is 15.8. The first-order valence-corrected chi connectivity index (χ1v) is 10.6. The van der Waals surface area contributed by atoms with Crippen molar-refractivity contribution >= 4 is 41.3 Å². The minimum absolute atomic E-state index is 0. The Kier molecular flexibility index (Phi) is 12.5. The molecule has 1 fully saturated rings. The lowest BCUT2D eigenvalue weighted by molar-refractivity contribution is 0.191. The van der Waals surface area contributed by atoms with Gasteiger partial charge in [0.1, 0.15) is 0 Å². The standard InChI is InChI=1S/C19H35N5S.HI/c1-4-20-19(22-13-11-18-23-15-16(2)25-18)21-12-8-14-24(3)17-9-6-5-7-10-17;/h15,17H,4-14H2,1-3H3,(H2,20,21,22);1H. The van der Waals surface area contributed by atoms with Crippen molar-refractivity contribution in [2.24, 2.45) is 4.99 Å². The van der Waals surface area contributed by atoms with Gasteiger partial charge in [0.15, 0.2) is 5.96 Å². The van der Waals surface area contributed by atoms with Gasteiger partial charge in [-0.15, -0.1) is 35.3 Å². The van der Waals surface area contributed by atoms with Gasteiger partial charge < -0.3 is 15.5 Å². The molecule has 2 N–H and O–H groups in total.